The van der Waals surface area contributed by atoms with Crippen LogP contribution in [0, 0.1) is 11.8 Å². The molecule has 4 rings (SSSR count). The van der Waals surface area contributed by atoms with Crippen molar-refractivity contribution in [3.63, 3.8) is 0 Å². The van der Waals surface area contributed by atoms with Crippen molar-refractivity contribution in [1.82, 2.24) is 30.0 Å². The first-order valence-corrected chi connectivity index (χ1v) is 12.2. The highest BCUT2D eigenvalue weighted by Gasteiger charge is 2.33. The molecule has 1 aromatic carbocycles. The molecule has 2 aromatic heterocycles. The number of H-pyrrole nitrogens is 1. The van der Waals surface area contributed by atoms with E-state index in [9.17, 15) is 22.8 Å². The van der Waals surface area contributed by atoms with Crippen LogP contribution in [-0.2, 0) is 15.8 Å². The molecule has 13 heteroatoms. The van der Waals surface area contributed by atoms with E-state index in [0.717, 1.165) is 19.6 Å². The highest BCUT2D eigenvalue weighted by atomic mass is 19.4. The van der Waals surface area contributed by atoms with E-state index >= 15 is 0 Å². The molecular formula is C26H26F3N7O3. The maximum Gasteiger partial charge on any atom is 0.432 e. The second-order valence-corrected chi connectivity index (χ2v) is 8.74. The summed E-state index contributed by atoms with van der Waals surface area (Å²) < 4.78 is 45.0. The lowest BCUT2D eigenvalue weighted by Crippen LogP contribution is -2.48. The Labute approximate surface area is 222 Å². The van der Waals surface area contributed by atoms with E-state index in [1.165, 1.54) is 18.5 Å². The van der Waals surface area contributed by atoms with Crippen LogP contribution in [0.25, 0.3) is 11.4 Å². The summed E-state index contributed by atoms with van der Waals surface area (Å²) in [5.74, 6) is 4.87. The average molecular weight is 542 g/mol. The molecule has 0 atom stereocenters. The molecule has 0 bridgehead atoms. The molecule has 0 unspecified atom stereocenters. The van der Waals surface area contributed by atoms with Gasteiger partial charge in [-0.05, 0) is 30.7 Å². The minimum Gasteiger partial charge on any atom is -0.491 e. The monoisotopic (exact) mass is 541 g/mol. The van der Waals surface area contributed by atoms with Gasteiger partial charge in [-0.25, -0.2) is 4.98 Å². The molecule has 0 radical (unpaired) electrons. The summed E-state index contributed by atoms with van der Waals surface area (Å²) in [6, 6.07) is 6.19. The van der Waals surface area contributed by atoms with Gasteiger partial charge in [0.05, 0.1) is 30.9 Å². The summed E-state index contributed by atoms with van der Waals surface area (Å²) in [4.78, 5) is 34.2. The van der Waals surface area contributed by atoms with Crippen LogP contribution in [0.15, 0.2) is 42.9 Å². The van der Waals surface area contributed by atoms with Crippen LogP contribution in [0.2, 0.25) is 0 Å². The Balaban J connectivity index is 1.44. The minimum atomic E-state index is -4.57. The fourth-order valence-electron chi connectivity index (χ4n) is 3.92. The number of halogens is 3. The molecule has 1 saturated heterocycles. The van der Waals surface area contributed by atoms with Gasteiger partial charge in [0, 0.05) is 56.7 Å². The molecule has 0 aliphatic carbocycles. The number of aromatic nitrogens is 4. The molecule has 10 nitrogen and oxygen atoms in total. The van der Waals surface area contributed by atoms with E-state index < -0.39 is 17.8 Å². The zero-order valence-corrected chi connectivity index (χ0v) is 21.1. The largest absolute Gasteiger partial charge is 0.491 e. The van der Waals surface area contributed by atoms with Crippen molar-refractivity contribution in [2.75, 3.05) is 44.6 Å². The molecule has 3 aromatic rings. The molecule has 204 valence electrons. The Bertz CT molecular complexity index is 1360. The van der Waals surface area contributed by atoms with Crippen molar-refractivity contribution in [1.29, 1.82) is 0 Å². The van der Waals surface area contributed by atoms with Gasteiger partial charge in [-0.3, -0.25) is 14.5 Å². The number of carbonyl (C=O) groups is 2. The van der Waals surface area contributed by atoms with Gasteiger partial charge in [0.15, 0.2) is 0 Å². The summed E-state index contributed by atoms with van der Waals surface area (Å²) in [5, 5.41) is 9.99. The van der Waals surface area contributed by atoms with Crippen LogP contribution in [0.3, 0.4) is 0 Å². The number of benzene rings is 1. The van der Waals surface area contributed by atoms with Crippen LogP contribution in [0.1, 0.15) is 24.6 Å². The van der Waals surface area contributed by atoms with Crippen molar-refractivity contribution < 1.29 is 27.5 Å². The number of nitrogens with one attached hydrogen (secondary N) is 2. The number of alkyl halides is 3. The Hall–Kier alpha value is -4.44. The number of aromatic amines is 1. The number of piperazine rings is 1. The van der Waals surface area contributed by atoms with Crippen LogP contribution in [-0.4, -0.2) is 81.1 Å². The lowest BCUT2D eigenvalue weighted by molar-refractivity contribution is -0.140. The van der Waals surface area contributed by atoms with Gasteiger partial charge in [-0.2, -0.15) is 23.4 Å². The van der Waals surface area contributed by atoms with Crippen molar-refractivity contribution in [3.05, 3.63) is 54.1 Å². The first-order valence-electron chi connectivity index (χ1n) is 12.2. The zero-order valence-electron chi connectivity index (χ0n) is 21.1. The number of carbonyl (C=O) groups excluding carboxylic acids is 2. The number of rotatable bonds is 7. The van der Waals surface area contributed by atoms with Crippen LogP contribution < -0.4 is 10.1 Å². The maximum absolute atomic E-state index is 13.0. The number of hydrogen-bond donors (Lipinski definition) is 2. The molecule has 1 aliphatic heterocycles. The summed E-state index contributed by atoms with van der Waals surface area (Å²) in [7, 11) is 0. The fraction of sp³-hybridized carbons (Fsp3) is 0.346. The van der Waals surface area contributed by atoms with Gasteiger partial charge in [0.1, 0.15) is 17.3 Å². The van der Waals surface area contributed by atoms with Crippen LogP contribution >= 0.6 is 0 Å². The molecule has 2 N–H and O–H groups in total. The van der Waals surface area contributed by atoms with E-state index in [-0.39, 0.29) is 17.4 Å². The Kier molecular flexibility index (Phi) is 8.77. The van der Waals surface area contributed by atoms with E-state index in [1.807, 2.05) is 4.90 Å². The fourth-order valence-corrected chi connectivity index (χ4v) is 3.92. The van der Waals surface area contributed by atoms with E-state index in [4.69, 9.17) is 4.74 Å². The number of hydrogen-bond acceptors (Lipinski definition) is 7. The number of imidazole rings is 1. The predicted octanol–water partition coefficient (Wildman–Crippen LogP) is 2.81. The van der Waals surface area contributed by atoms with Gasteiger partial charge in [-0.15, -0.1) is 0 Å². The zero-order chi connectivity index (χ0) is 27.8. The van der Waals surface area contributed by atoms with Gasteiger partial charge < -0.3 is 19.9 Å². The Morgan fingerprint density at radius 1 is 1.13 bits per heavy atom. The van der Waals surface area contributed by atoms with Gasteiger partial charge in [0.25, 0.3) is 0 Å². The molecule has 0 spiro atoms. The number of nitrogens with zero attached hydrogens (tertiary/aromatic N) is 5. The summed E-state index contributed by atoms with van der Waals surface area (Å²) in [5.41, 5.74) is 0.0663. The molecule has 2 amide bonds. The third-order valence-corrected chi connectivity index (χ3v) is 5.98. The Morgan fingerprint density at radius 2 is 1.92 bits per heavy atom. The first kappa shape index (κ1) is 27.6. The predicted molar refractivity (Wildman–Crippen MR) is 135 cm³/mol. The normalized spacial score (nSPS) is 13.9. The lowest BCUT2D eigenvalue weighted by atomic mass is 10.1. The van der Waals surface area contributed by atoms with E-state index in [0.29, 0.717) is 49.2 Å². The number of ether oxygens (including phenoxy) is 1. The van der Waals surface area contributed by atoms with Gasteiger partial charge in [-0.1, -0.05) is 5.92 Å². The lowest BCUT2D eigenvalue weighted by Gasteiger charge is -2.34. The summed E-state index contributed by atoms with van der Waals surface area (Å²) in [6.45, 7) is 5.61. The van der Waals surface area contributed by atoms with Gasteiger partial charge in [0.2, 0.25) is 5.91 Å². The van der Waals surface area contributed by atoms with E-state index in [1.54, 1.807) is 25.1 Å². The topological polar surface area (TPSA) is 116 Å². The van der Waals surface area contributed by atoms with Crippen LogP contribution in [0.5, 0.6) is 5.75 Å². The van der Waals surface area contributed by atoms with Crippen molar-refractivity contribution in [2.45, 2.75) is 19.5 Å². The SMILES string of the molecule is CC(=O)N1CCN(CCCOc2ccc(-c3ncc(C(F)(F)F)[nH]3)cc2NC(=O)C#Cc2ccnnc2)CC1. The second-order valence-electron chi connectivity index (χ2n) is 8.74. The second kappa shape index (κ2) is 12.4. The first-order chi connectivity index (χ1) is 18.7. The maximum atomic E-state index is 13.0. The molecule has 0 saturated carbocycles. The highest BCUT2D eigenvalue weighted by molar-refractivity contribution is 6.05. The third-order valence-electron chi connectivity index (χ3n) is 5.98. The van der Waals surface area contributed by atoms with Crippen molar-refractivity contribution in [2.24, 2.45) is 0 Å². The van der Waals surface area contributed by atoms with Crippen molar-refractivity contribution >= 4 is 17.5 Å². The minimum absolute atomic E-state index is 0.0111. The quantitative estimate of drug-likeness (QED) is 0.349. The molecule has 1 aliphatic rings. The summed E-state index contributed by atoms with van der Waals surface area (Å²) in [6.07, 6.45) is -0.315. The number of anilines is 1. The molecular weight excluding hydrogens is 515 g/mol. The highest BCUT2D eigenvalue weighted by Crippen LogP contribution is 2.33. The van der Waals surface area contributed by atoms with Gasteiger partial charge >= 0.3 is 12.1 Å². The van der Waals surface area contributed by atoms with Crippen LogP contribution in [0.4, 0.5) is 18.9 Å². The number of amides is 2. The molecule has 3 heterocycles. The smallest absolute Gasteiger partial charge is 0.432 e. The third kappa shape index (κ3) is 7.78. The summed E-state index contributed by atoms with van der Waals surface area (Å²) >= 11 is 0. The van der Waals surface area contributed by atoms with E-state index in [2.05, 4.69) is 42.2 Å². The average Bonchev–Trinajstić information content (AvgIpc) is 3.43. The van der Waals surface area contributed by atoms with Crippen molar-refractivity contribution in [3.8, 4) is 29.0 Å². The standard InChI is InChI=1S/C26H26F3N7O3/c1-18(37)36-12-10-35(11-13-36)9-2-14-39-22-5-4-20(25-30-17-23(34-25)26(27,28)29)15-21(22)33-24(38)6-3-19-7-8-31-32-16-19/h4-5,7-8,15-17H,2,9-14H2,1H3,(H,30,34)(H,33,38). The molecule has 1 fully saturated rings. The molecule has 39 heavy (non-hydrogen) atoms. The Morgan fingerprint density at radius 3 is 2.59 bits per heavy atom.